The average molecular weight is 335 g/mol. The Morgan fingerprint density at radius 3 is 2.48 bits per heavy atom. The van der Waals surface area contributed by atoms with Gasteiger partial charge in [0.25, 0.3) is 9.05 Å². The highest BCUT2D eigenvalue weighted by atomic mass is 35.7. The molecule has 1 aromatic rings. The predicted molar refractivity (Wildman–Crippen MR) is 80.3 cm³/mol. The molecule has 0 saturated carbocycles. The lowest BCUT2D eigenvalue weighted by molar-refractivity contribution is 0.0317. The van der Waals surface area contributed by atoms with Gasteiger partial charge in [-0.2, -0.15) is 0 Å². The molecular formula is C14H19ClO5S. The summed E-state index contributed by atoms with van der Waals surface area (Å²) in [6.45, 7) is 4.90. The van der Waals surface area contributed by atoms with Crippen molar-refractivity contribution in [1.82, 2.24) is 0 Å². The molecule has 0 aromatic heterocycles. The quantitative estimate of drug-likeness (QED) is 0.415. The summed E-state index contributed by atoms with van der Waals surface area (Å²) in [7, 11) is 1.42. The maximum Gasteiger partial charge on any atom is 0.338 e. The van der Waals surface area contributed by atoms with E-state index in [1.165, 1.54) is 12.1 Å². The fourth-order valence-electron chi connectivity index (χ4n) is 1.72. The molecule has 0 aliphatic carbocycles. The van der Waals surface area contributed by atoms with Crippen LogP contribution >= 0.6 is 10.7 Å². The van der Waals surface area contributed by atoms with Crippen molar-refractivity contribution in [3.05, 3.63) is 29.3 Å². The number of hydrogen-bond acceptors (Lipinski definition) is 5. The minimum absolute atomic E-state index is 0.115. The number of aryl methyl sites for hydroxylation is 1. The van der Waals surface area contributed by atoms with Gasteiger partial charge in [0.05, 0.1) is 17.1 Å². The lowest BCUT2D eigenvalue weighted by atomic mass is 10.1. The van der Waals surface area contributed by atoms with Crippen molar-refractivity contribution < 1.29 is 22.7 Å². The Bertz CT molecular complexity index is 583. The van der Waals surface area contributed by atoms with Gasteiger partial charge in [-0.05, 0) is 30.5 Å². The molecule has 0 atom stereocenters. The second-order valence-corrected chi connectivity index (χ2v) is 6.92. The maximum absolute atomic E-state index is 12.0. The van der Waals surface area contributed by atoms with Crippen LogP contribution in [0.5, 0.6) is 0 Å². The number of carbonyl (C=O) groups excluding carboxylic acids is 1. The van der Waals surface area contributed by atoms with Crippen LogP contribution in [-0.2, 0) is 24.9 Å². The van der Waals surface area contributed by atoms with Gasteiger partial charge in [-0.15, -0.1) is 0 Å². The molecule has 0 amide bonds. The van der Waals surface area contributed by atoms with E-state index in [4.69, 9.17) is 20.2 Å². The Labute approximate surface area is 129 Å². The third-order valence-electron chi connectivity index (χ3n) is 2.77. The molecule has 0 unspecified atom stereocenters. The van der Waals surface area contributed by atoms with E-state index in [9.17, 15) is 13.2 Å². The molecule has 0 radical (unpaired) electrons. The lowest BCUT2D eigenvalue weighted by Crippen LogP contribution is -2.13. The van der Waals surface area contributed by atoms with E-state index in [1.54, 1.807) is 6.07 Å². The highest BCUT2D eigenvalue weighted by molar-refractivity contribution is 8.13. The first-order valence-electron chi connectivity index (χ1n) is 6.72. The molecule has 7 heteroatoms. The first kappa shape index (κ1) is 17.9. The van der Waals surface area contributed by atoms with Gasteiger partial charge >= 0.3 is 5.97 Å². The smallest absolute Gasteiger partial charge is 0.338 e. The Kier molecular flexibility index (Phi) is 7.14. The number of rotatable bonds is 8. The molecule has 21 heavy (non-hydrogen) atoms. The van der Waals surface area contributed by atoms with Crippen molar-refractivity contribution in [1.29, 1.82) is 0 Å². The predicted octanol–water partition coefficient (Wildman–Crippen LogP) is 2.76. The van der Waals surface area contributed by atoms with Crippen LogP contribution in [0.3, 0.4) is 0 Å². The van der Waals surface area contributed by atoms with E-state index in [1.807, 2.05) is 13.8 Å². The van der Waals surface area contributed by atoms with E-state index in [0.29, 0.717) is 25.2 Å². The minimum atomic E-state index is -3.88. The zero-order valence-electron chi connectivity index (χ0n) is 12.1. The molecule has 0 heterocycles. The molecule has 0 N–H and O–H groups in total. The van der Waals surface area contributed by atoms with Crippen molar-refractivity contribution in [2.75, 3.05) is 19.8 Å². The van der Waals surface area contributed by atoms with E-state index >= 15 is 0 Å². The summed E-state index contributed by atoms with van der Waals surface area (Å²) in [4.78, 5) is 11.9. The molecule has 1 aromatic carbocycles. The normalized spacial score (nSPS) is 11.4. The van der Waals surface area contributed by atoms with E-state index < -0.39 is 15.0 Å². The number of carbonyl (C=O) groups is 1. The van der Waals surface area contributed by atoms with Crippen LogP contribution in [0, 0.1) is 0 Å². The van der Waals surface area contributed by atoms with Gasteiger partial charge in [-0.1, -0.05) is 19.9 Å². The fraction of sp³-hybridized carbons (Fsp3) is 0.500. The zero-order valence-corrected chi connectivity index (χ0v) is 13.7. The van der Waals surface area contributed by atoms with Crippen LogP contribution in [0.4, 0.5) is 0 Å². The average Bonchev–Trinajstić information content (AvgIpc) is 2.45. The van der Waals surface area contributed by atoms with Gasteiger partial charge < -0.3 is 9.47 Å². The summed E-state index contributed by atoms with van der Waals surface area (Å²) < 4.78 is 33.0. The maximum atomic E-state index is 12.0. The van der Waals surface area contributed by atoms with Crippen molar-refractivity contribution in [2.24, 2.45) is 0 Å². The van der Waals surface area contributed by atoms with Gasteiger partial charge in [0.1, 0.15) is 6.61 Å². The van der Waals surface area contributed by atoms with Gasteiger partial charge in [0.2, 0.25) is 0 Å². The van der Waals surface area contributed by atoms with Crippen LogP contribution < -0.4 is 0 Å². The molecule has 0 saturated heterocycles. The van der Waals surface area contributed by atoms with Crippen LogP contribution in [-0.4, -0.2) is 34.2 Å². The third-order valence-corrected chi connectivity index (χ3v) is 4.12. The second kappa shape index (κ2) is 8.36. The molecule has 1 rings (SSSR count). The largest absolute Gasteiger partial charge is 0.460 e. The van der Waals surface area contributed by atoms with Gasteiger partial charge in [-0.3, -0.25) is 0 Å². The molecule has 5 nitrogen and oxygen atoms in total. The zero-order chi connectivity index (χ0) is 15.9. The molecule has 0 aliphatic rings. The van der Waals surface area contributed by atoms with Gasteiger partial charge in [0, 0.05) is 17.3 Å². The summed E-state index contributed by atoms with van der Waals surface area (Å²) >= 11 is 0. The van der Waals surface area contributed by atoms with Crippen LogP contribution in [0.2, 0.25) is 0 Å². The van der Waals surface area contributed by atoms with Crippen molar-refractivity contribution >= 4 is 25.7 Å². The highest BCUT2D eigenvalue weighted by Gasteiger charge is 2.17. The summed E-state index contributed by atoms with van der Waals surface area (Å²) in [6.07, 6.45) is 1.48. The SMILES string of the molecule is CCCOCCOC(=O)c1cc(S(=O)(=O)Cl)ccc1CC. The fourth-order valence-corrected chi connectivity index (χ4v) is 2.50. The van der Waals surface area contributed by atoms with Gasteiger partial charge in [-0.25, -0.2) is 13.2 Å². The van der Waals surface area contributed by atoms with E-state index in [-0.39, 0.29) is 17.1 Å². The molecule has 118 valence electrons. The molecular weight excluding hydrogens is 316 g/mol. The lowest BCUT2D eigenvalue weighted by Gasteiger charge is -2.10. The molecule has 0 fully saturated rings. The Morgan fingerprint density at radius 2 is 1.90 bits per heavy atom. The number of benzene rings is 1. The summed E-state index contributed by atoms with van der Waals surface area (Å²) in [5.74, 6) is -0.575. The Hall–Kier alpha value is -1.11. The summed E-state index contributed by atoms with van der Waals surface area (Å²) in [5, 5.41) is 0. The standard InChI is InChI=1S/C14H19ClO5S/c1-3-7-19-8-9-20-14(16)13-10-12(21(15,17)18)6-5-11(13)4-2/h5-6,10H,3-4,7-9H2,1-2H3. The molecule has 0 bridgehead atoms. The number of ether oxygens (including phenoxy) is 2. The monoisotopic (exact) mass is 334 g/mol. The van der Waals surface area contributed by atoms with Crippen LogP contribution in [0.1, 0.15) is 36.2 Å². The number of hydrogen-bond donors (Lipinski definition) is 0. The molecule has 0 aliphatic heterocycles. The first-order valence-corrected chi connectivity index (χ1v) is 9.03. The summed E-state index contributed by atoms with van der Waals surface area (Å²) in [5.41, 5.74) is 0.924. The number of esters is 1. The van der Waals surface area contributed by atoms with Gasteiger partial charge in [0.15, 0.2) is 0 Å². The molecule has 0 spiro atoms. The van der Waals surface area contributed by atoms with Crippen molar-refractivity contribution in [3.63, 3.8) is 0 Å². The van der Waals surface area contributed by atoms with E-state index in [0.717, 1.165) is 6.42 Å². The van der Waals surface area contributed by atoms with Crippen LogP contribution in [0.25, 0.3) is 0 Å². The summed E-state index contributed by atoms with van der Waals surface area (Å²) in [6, 6.07) is 4.19. The van der Waals surface area contributed by atoms with Crippen molar-refractivity contribution in [2.45, 2.75) is 31.6 Å². The third kappa shape index (κ3) is 5.65. The van der Waals surface area contributed by atoms with Crippen molar-refractivity contribution in [3.8, 4) is 0 Å². The topological polar surface area (TPSA) is 69.7 Å². The second-order valence-electron chi connectivity index (χ2n) is 4.36. The highest BCUT2D eigenvalue weighted by Crippen LogP contribution is 2.20. The van der Waals surface area contributed by atoms with E-state index in [2.05, 4.69) is 0 Å². The Morgan fingerprint density at radius 1 is 1.19 bits per heavy atom. The first-order chi connectivity index (χ1) is 9.90. The van der Waals surface area contributed by atoms with Crippen LogP contribution in [0.15, 0.2) is 23.1 Å². The Balaban J connectivity index is 2.82. The minimum Gasteiger partial charge on any atom is -0.460 e. The number of halogens is 1.